The van der Waals surface area contributed by atoms with Gasteiger partial charge in [-0.15, -0.1) is 0 Å². The van der Waals surface area contributed by atoms with Crippen LogP contribution in [0, 0.1) is 5.92 Å². The molecule has 0 radical (unpaired) electrons. The molecule has 0 saturated carbocycles. The van der Waals surface area contributed by atoms with E-state index in [0.29, 0.717) is 0 Å². The van der Waals surface area contributed by atoms with E-state index < -0.39 is 67.7 Å². The summed E-state index contributed by atoms with van der Waals surface area (Å²) < 4.78 is 29.2. The van der Waals surface area contributed by atoms with Gasteiger partial charge in [-0.2, -0.15) is 0 Å². The summed E-state index contributed by atoms with van der Waals surface area (Å²) in [5.74, 6) is -1.63. The zero-order chi connectivity index (χ0) is 25.0. The van der Waals surface area contributed by atoms with Gasteiger partial charge in [-0.25, -0.2) is 14.4 Å². The van der Waals surface area contributed by atoms with Crippen LogP contribution in [0.4, 0.5) is 0 Å². The number of azide groups is 1. The second-order valence-electron chi connectivity index (χ2n) is 7.73. The number of aliphatic hydroxyl groups excluding tert-OH is 1. The average Bonchev–Trinajstić information content (AvgIpc) is 2.96. The summed E-state index contributed by atoms with van der Waals surface area (Å²) in [6.07, 6.45) is -1.97. The molecule has 4 N–H and O–H groups in total. The third-order valence-corrected chi connectivity index (χ3v) is 6.00. The molecule has 1 unspecified atom stereocenters. The minimum Gasteiger partial charge on any atom is -0.462 e. The predicted octanol–water partition coefficient (Wildman–Crippen LogP) is 0.506. The maximum Gasteiger partial charge on any atom is 0.403 e. The van der Waals surface area contributed by atoms with Gasteiger partial charge in [0.1, 0.15) is 12.3 Å². The molecule has 1 saturated heterocycles. The summed E-state index contributed by atoms with van der Waals surface area (Å²) in [5.41, 5.74) is 5.32. The highest BCUT2D eigenvalue weighted by molar-refractivity contribution is 7.50. The van der Waals surface area contributed by atoms with Crippen LogP contribution in [0.15, 0.2) is 27.0 Å². The monoisotopic (exact) mass is 490 g/mol. The van der Waals surface area contributed by atoms with E-state index in [1.807, 2.05) is 4.98 Å². The van der Waals surface area contributed by atoms with Crippen molar-refractivity contribution in [3.63, 3.8) is 0 Å². The summed E-state index contributed by atoms with van der Waals surface area (Å²) in [7, 11) is -4.68. The number of hydrogen-bond acceptors (Lipinski definition) is 9. The number of aliphatic hydroxyl groups is 1. The standard InChI is InChI=1S/C17H27N6O9P/c1-5-11(15(26)31-9(2)3)20-33(28,29)30-8-17(21-22-18)13(25)10(4)14(32-17)23-7-6-12(24)19-16(23)27/h6-7,9-11,13-14,25H,5,8H2,1-4H3,(H,19,24,27)(H2,20,28,29)/t10-,11-,13-,14+,17+/m0/s1. The number of aromatic nitrogens is 2. The molecule has 15 nitrogen and oxygen atoms in total. The summed E-state index contributed by atoms with van der Waals surface area (Å²) in [4.78, 5) is 50.4. The summed E-state index contributed by atoms with van der Waals surface area (Å²) in [6, 6.07) is -0.111. The van der Waals surface area contributed by atoms with E-state index >= 15 is 0 Å². The van der Waals surface area contributed by atoms with Crippen LogP contribution in [0.5, 0.6) is 0 Å². The quantitative estimate of drug-likeness (QED) is 0.117. The molecule has 33 heavy (non-hydrogen) atoms. The van der Waals surface area contributed by atoms with E-state index in [4.69, 9.17) is 19.5 Å². The molecule has 1 aliphatic rings. The van der Waals surface area contributed by atoms with Crippen LogP contribution >= 0.6 is 7.75 Å². The fraction of sp³-hybridized carbons (Fsp3) is 0.706. The first kappa shape index (κ1) is 26.7. The number of carbonyl (C=O) groups excluding carboxylic acids is 1. The highest BCUT2D eigenvalue weighted by Crippen LogP contribution is 2.46. The molecule has 2 heterocycles. The second kappa shape index (κ2) is 10.6. The average molecular weight is 490 g/mol. The number of nitrogens with one attached hydrogen (secondary N) is 2. The molecule has 6 atom stereocenters. The van der Waals surface area contributed by atoms with Gasteiger partial charge in [0.05, 0.1) is 18.8 Å². The van der Waals surface area contributed by atoms with Crippen LogP contribution in [0.1, 0.15) is 40.3 Å². The van der Waals surface area contributed by atoms with Gasteiger partial charge in [0, 0.05) is 23.1 Å². The molecular weight excluding hydrogens is 463 g/mol. The van der Waals surface area contributed by atoms with Crippen molar-refractivity contribution >= 4 is 13.7 Å². The molecule has 16 heteroatoms. The molecule has 0 bridgehead atoms. The van der Waals surface area contributed by atoms with Crippen molar-refractivity contribution in [2.45, 2.75) is 64.3 Å². The Labute approximate surface area is 187 Å². The van der Waals surface area contributed by atoms with Crippen LogP contribution in [-0.2, 0) is 23.4 Å². The Kier molecular flexibility index (Phi) is 8.60. The van der Waals surface area contributed by atoms with Crippen LogP contribution in [0.3, 0.4) is 0 Å². The highest BCUT2D eigenvalue weighted by Gasteiger charge is 2.54. The second-order valence-corrected chi connectivity index (χ2v) is 9.29. The van der Waals surface area contributed by atoms with Crippen LogP contribution in [0.2, 0.25) is 0 Å². The molecule has 1 aliphatic heterocycles. The van der Waals surface area contributed by atoms with Crippen molar-refractivity contribution in [3.05, 3.63) is 43.5 Å². The van der Waals surface area contributed by atoms with Gasteiger partial charge in [0.2, 0.25) is 0 Å². The number of carbonyl (C=O) groups is 1. The summed E-state index contributed by atoms with van der Waals surface area (Å²) in [5, 5.41) is 16.3. The fourth-order valence-electron chi connectivity index (χ4n) is 3.24. The Morgan fingerprint density at radius 3 is 2.73 bits per heavy atom. The Balaban J connectivity index is 2.24. The van der Waals surface area contributed by atoms with Crippen LogP contribution in [-0.4, -0.2) is 56.1 Å². The Hall–Kier alpha value is -2.51. The lowest BCUT2D eigenvalue weighted by molar-refractivity contribution is -0.149. The number of H-pyrrole nitrogens is 1. The van der Waals surface area contributed by atoms with Crippen molar-refractivity contribution in [1.82, 2.24) is 14.6 Å². The lowest BCUT2D eigenvalue weighted by atomic mass is 9.98. The molecule has 1 aromatic rings. The topological polar surface area (TPSA) is 218 Å². The van der Waals surface area contributed by atoms with Crippen LogP contribution in [0.25, 0.3) is 10.4 Å². The number of ether oxygens (including phenoxy) is 2. The number of aromatic amines is 1. The molecule has 0 aliphatic carbocycles. The summed E-state index contributed by atoms with van der Waals surface area (Å²) >= 11 is 0. The molecule has 184 valence electrons. The molecule has 0 amide bonds. The fourth-order valence-corrected chi connectivity index (χ4v) is 4.35. The zero-order valence-electron chi connectivity index (χ0n) is 18.4. The molecule has 2 rings (SSSR count). The van der Waals surface area contributed by atoms with E-state index in [0.717, 1.165) is 16.8 Å². The van der Waals surface area contributed by atoms with Crippen molar-refractivity contribution in [1.29, 1.82) is 0 Å². The zero-order valence-corrected chi connectivity index (χ0v) is 19.3. The number of nitrogens with zero attached hydrogens (tertiary/aromatic N) is 4. The first-order valence-electron chi connectivity index (χ1n) is 10.0. The first-order chi connectivity index (χ1) is 15.4. The van der Waals surface area contributed by atoms with E-state index in [-0.39, 0.29) is 6.42 Å². The first-order valence-corrected chi connectivity index (χ1v) is 11.6. The van der Waals surface area contributed by atoms with Crippen molar-refractivity contribution in [3.8, 4) is 0 Å². The predicted molar refractivity (Wildman–Crippen MR) is 113 cm³/mol. The van der Waals surface area contributed by atoms with Gasteiger partial charge in [-0.1, -0.05) is 19.0 Å². The molecule has 0 spiro atoms. The molecule has 1 aromatic heterocycles. The SMILES string of the molecule is CC[C@H](NP(=O)(O)OC[C@@]1(N=[N+]=[N-])O[C@@H](n2ccc(=O)[nH]c2=O)[C@@H](C)[C@@H]1O)C(=O)OC(C)C. The van der Waals surface area contributed by atoms with Gasteiger partial charge < -0.3 is 19.5 Å². The lowest BCUT2D eigenvalue weighted by Gasteiger charge is -2.28. The normalized spacial score (nSPS) is 27.5. The smallest absolute Gasteiger partial charge is 0.403 e. The Bertz CT molecular complexity index is 1070. The number of hydrogen-bond donors (Lipinski definition) is 4. The maximum absolute atomic E-state index is 12.6. The Morgan fingerprint density at radius 2 is 2.18 bits per heavy atom. The lowest BCUT2D eigenvalue weighted by Crippen LogP contribution is -2.44. The van der Waals surface area contributed by atoms with E-state index in [1.54, 1.807) is 20.8 Å². The molecule has 0 aromatic carbocycles. The van der Waals surface area contributed by atoms with E-state index in [1.165, 1.54) is 6.92 Å². The van der Waals surface area contributed by atoms with Crippen molar-refractivity contribution in [2.24, 2.45) is 11.0 Å². The number of esters is 1. The van der Waals surface area contributed by atoms with Crippen LogP contribution < -0.4 is 16.3 Å². The molecule has 1 fully saturated rings. The van der Waals surface area contributed by atoms with Gasteiger partial charge in [0.25, 0.3) is 5.56 Å². The largest absolute Gasteiger partial charge is 0.462 e. The van der Waals surface area contributed by atoms with E-state index in [2.05, 4.69) is 15.1 Å². The van der Waals surface area contributed by atoms with Crippen molar-refractivity contribution < 1.29 is 33.4 Å². The molecular formula is C17H27N6O9P. The van der Waals surface area contributed by atoms with E-state index in [9.17, 15) is 28.9 Å². The highest BCUT2D eigenvalue weighted by atomic mass is 31.2. The number of rotatable bonds is 10. The maximum atomic E-state index is 12.6. The minimum atomic E-state index is -4.68. The van der Waals surface area contributed by atoms with Gasteiger partial charge in [0.15, 0.2) is 5.72 Å². The third kappa shape index (κ3) is 6.30. The van der Waals surface area contributed by atoms with Gasteiger partial charge >= 0.3 is 19.4 Å². The van der Waals surface area contributed by atoms with Gasteiger partial charge in [-0.3, -0.25) is 23.7 Å². The summed E-state index contributed by atoms with van der Waals surface area (Å²) in [6.45, 7) is 5.40. The Morgan fingerprint density at radius 1 is 1.52 bits per heavy atom. The third-order valence-electron chi connectivity index (χ3n) is 4.88. The minimum absolute atomic E-state index is 0.105. The van der Waals surface area contributed by atoms with Gasteiger partial charge in [-0.05, 0) is 25.8 Å². The van der Waals surface area contributed by atoms with Crippen molar-refractivity contribution in [2.75, 3.05) is 6.61 Å².